The lowest BCUT2D eigenvalue weighted by Crippen LogP contribution is -2.64. The average molecular weight is 2020 g/mol. The molecule has 40 heteroatoms. The van der Waals surface area contributed by atoms with E-state index in [0.29, 0.717) is 289 Å². The molecule has 4 atom stereocenters. The minimum atomic E-state index is -4.52. The Morgan fingerprint density at radius 1 is 0.603 bits per heavy atom. The summed E-state index contributed by atoms with van der Waals surface area (Å²) in [5, 5.41) is 29.3. The van der Waals surface area contributed by atoms with Gasteiger partial charge in [-0.3, -0.25) is 19.3 Å². The highest BCUT2D eigenvalue weighted by molar-refractivity contribution is 7.85. The molecule has 6 N–H and O–H groups in total. The summed E-state index contributed by atoms with van der Waals surface area (Å²) in [6, 6.07) is 22.3. The van der Waals surface area contributed by atoms with Crippen LogP contribution >= 0.6 is 11.3 Å². The number of thiazole rings is 1. The fraction of sp³-hybridized carbons (Fsp3) is 0.673. The van der Waals surface area contributed by atoms with Crippen LogP contribution in [-0.4, -0.2) is 360 Å². The van der Waals surface area contributed by atoms with E-state index < -0.39 is 45.2 Å². The van der Waals surface area contributed by atoms with Crippen molar-refractivity contribution in [1.82, 2.24) is 35.3 Å². The van der Waals surface area contributed by atoms with Crippen LogP contribution in [0.4, 0.5) is 26.2 Å². The number of alkyl carbamates (subject to hydrolysis) is 1. The number of methoxy groups -OCH3 is 1. The summed E-state index contributed by atoms with van der Waals surface area (Å²) in [7, 11) is -2.89. The lowest BCUT2D eigenvalue weighted by molar-refractivity contribution is -0.248. The maximum Gasteiger partial charge on any atom is 0.410 e. The van der Waals surface area contributed by atoms with Crippen LogP contribution in [0.3, 0.4) is 0 Å². The minimum Gasteiger partial charge on any atom is -0.476 e. The molecule has 0 radical (unpaired) electrons. The molecule has 3 amide bonds. The van der Waals surface area contributed by atoms with Crippen molar-refractivity contribution in [2.75, 3.05) is 286 Å². The molecule has 4 fully saturated rings. The highest BCUT2D eigenvalue weighted by Crippen LogP contribution is 2.72. The maximum atomic E-state index is 14.4. The quantitative estimate of drug-likeness (QED) is 0.0117. The van der Waals surface area contributed by atoms with Crippen molar-refractivity contribution >= 4 is 72.4 Å². The Hall–Kier alpha value is -8.30. The van der Waals surface area contributed by atoms with Crippen LogP contribution in [0.15, 0.2) is 79.0 Å². The van der Waals surface area contributed by atoms with Gasteiger partial charge in [-0.2, -0.15) is 13.5 Å². The third-order valence-corrected chi connectivity index (χ3v) is 25.9. The molecule has 1 aliphatic heterocycles. The zero-order chi connectivity index (χ0) is 101. The molecule has 5 aliphatic rings. The number of aromatic nitrogens is 4. The maximum absolute atomic E-state index is 14.4. The summed E-state index contributed by atoms with van der Waals surface area (Å²) >= 11 is 1.41. The molecule has 2 unspecified atom stereocenters. The van der Waals surface area contributed by atoms with Gasteiger partial charge in [-0.1, -0.05) is 81.2 Å². The van der Waals surface area contributed by atoms with Crippen LogP contribution in [0.1, 0.15) is 143 Å². The second-order valence-corrected chi connectivity index (χ2v) is 40.5. The Labute approximate surface area is 834 Å². The van der Waals surface area contributed by atoms with Crippen LogP contribution in [0.25, 0.3) is 21.3 Å². The third-order valence-electron chi connectivity index (χ3n) is 24.3. The van der Waals surface area contributed by atoms with Crippen molar-refractivity contribution in [3.8, 4) is 23.0 Å². The summed E-state index contributed by atoms with van der Waals surface area (Å²) in [5.74, 6) is 4.70. The molecule has 11 rings (SSSR count). The summed E-state index contributed by atoms with van der Waals surface area (Å²) in [4.78, 5) is 67.0. The monoisotopic (exact) mass is 2020 g/mol. The van der Waals surface area contributed by atoms with E-state index in [2.05, 4.69) is 51.9 Å². The number of fused-ring (bicyclic) bond motifs is 2. The van der Waals surface area contributed by atoms with Crippen molar-refractivity contribution in [3.63, 3.8) is 0 Å². The third kappa shape index (κ3) is 41.3. The van der Waals surface area contributed by atoms with Crippen LogP contribution in [0, 0.1) is 40.9 Å². The topological polar surface area (TPSA) is 426 Å². The molecule has 4 aliphatic carbocycles. The number of carboxylic acid groups (broad SMARTS) is 1. The number of para-hydroxylation sites is 1. The molecule has 0 saturated heterocycles. The predicted molar refractivity (Wildman–Crippen MR) is 531 cm³/mol. The molecular weight excluding hydrogens is 1870 g/mol. The lowest BCUT2D eigenvalue weighted by Gasteiger charge is -2.69. The Bertz CT molecular complexity index is 4860. The zero-order valence-corrected chi connectivity index (χ0v) is 85.7. The van der Waals surface area contributed by atoms with Gasteiger partial charge >= 0.3 is 18.2 Å². The molecule has 3 aromatic carbocycles. The summed E-state index contributed by atoms with van der Waals surface area (Å²) < 4.78 is 151. The van der Waals surface area contributed by atoms with Gasteiger partial charge in [-0.25, -0.2) is 24.4 Å². The molecule has 4 bridgehead atoms. The van der Waals surface area contributed by atoms with E-state index >= 15 is 0 Å². The Kier molecular flexibility index (Phi) is 49.3. The number of pyridine rings is 1. The van der Waals surface area contributed by atoms with E-state index in [0.717, 1.165) is 64.8 Å². The van der Waals surface area contributed by atoms with Crippen molar-refractivity contribution in [2.24, 2.45) is 22.2 Å². The first-order valence-electron chi connectivity index (χ1n) is 49.1. The fourth-order valence-electron chi connectivity index (χ4n) is 18.8. The highest BCUT2D eigenvalue weighted by atomic mass is 32.2. The molecule has 0 spiro atoms. The van der Waals surface area contributed by atoms with Gasteiger partial charge in [0.2, 0.25) is 0 Å². The number of nitrogens with zero attached hydrogens (tertiary/aromatic N) is 6. The molecule has 4 heterocycles. The number of benzene rings is 3. The van der Waals surface area contributed by atoms with Gasteiger partial charge in [-0.05, 0) is 155 Å². The van der Waals surface area contributed by atoms with Crippen LogP contribution in [0.5, 0.6) is 0 Å². The first-order chi connectivity index (χ1) is 68.0. The van der Waals surface area contributed by atoms with E-state index in [1.165, 1.54) is 16.2 Å². The number of nitrogens with one attached hydrogen (secondary N) is 4. The van der Waals surface area contributed by atoms with E-state index in [1.54, 1.807) is 31.5 Å². The molecule has 4 saturated carbocycles. The van der Waals surface area contributed by atoms with Gasteiger partial charge in [0, 0.05) is 104 Å². The van der Waals surface area contributed by atoms with Crippen molar-refractivity contribution in [3.05, 3.63) is 118 Å². The van der Waals surface area contributed by atoms with Gasteiger partial charge < -0.3 is 126 Å². The number of amides is 3. The Morgan fingerprint density at radius 2 is 1.13 bits per heavy atom. The van der Waals surface area contributed by atoms with Gasteiger partial charge in [0.15, 0.2) is 10.8 Å². The summed E-state index contributed by atoms with van der Waals surface area (Å²) in [5.41, 5.74) is 5.03. The van der Waals surface area contributed by atoms with E-state index in [9.17, 15) is 37.3 Å². The van der Waals surface area contributed by atoms with Crippen molar-refractivity contribution in [2.45, 2.75) is 150 Å². The predicted octanol–water partition coefficient (Wildman–Crippen LogP) is 11.2. The number of carbonyl (C=O) groups excluding carboxylic acids is 3. The number of ether oxygens (including phenoxy) is 20. The first-order valence-corrected chi connectivity index (χ1v) is 51.5. The molecule has 141 heavy (non-hydrogen) atoms. The van der Waals surface area contributed by atoms with Gasteiger partial charge in [0.1, 0.15) is 24.6 Å². The number of carboxylic acids is 1. The molecule has 3 aromatic heterocycles. The minimum absolute atomic E-state index is 0.0422. The standard InChI is InChI=1S/C101H152N10O28S2/c1-76(2)88(106-95(115)139-97(5,6)7)66-102-77(3)64-103-82-21-20-81(80(63-82)16-14-28-121-32-33-123-36-37-125-40-41-127-44-45-129-48-49-131-52-53-133-56-57-135-60-61-136-59-58-134-55-54-132-51-50-130-47-46-128-43-42-126-39-38-124-35-34-122-31-30-120-10)68-137-96(116)109(27-62-141(117,118)119)26-29-138-101-72-98(8)69-99(9,73-101)71-100(70-98,74-101)75-111-78(4)85(65-104-111)83-22-23-90(107-91(83)93(113)114)110-25-24-79-15-13-17-84(86(79)67-110)92(112)108-94-105-87-18-11-12-19-89(87)140-94/h11-13,15,17-23,63,65,76-77,88,102-103H,24-62,64,66-75H2,1-10H3,(H,106,115)(H,113,114)(H,105,108,112)(H,117,118,119)/t77-,88+,98?,99?,100?,101?/m0/s1. The number of rotatable bonds is 73. The normalized spacial score (nSPS) is 18.2. The van der Waals surface area contributed by atoms with Gasteiger partial charge in [0.05, 0.1) is 246 Å². The molecule has 786 valence electrons. The van der Waals surface area contributed by atoms with Gasteiger partial charge in [-0.15, -0.1) is 0 Å². The zero-order valence-electron chi connectivity index (χ0n) is 84.1. The Morgan fingerprint density at radius 3 is 1.65 bits per heavy atom. The van der Waals surface area contributed by atoms with Crippen molar-refractivity contribution < 1.29 is 132 Å². The molecule has 38 nitrogen and oxygen atoms in total. The van der Waals surface area contributed by atoms with E-state index in [4.69, 9.17) is 105 Å². The smallest absolute Gasteiger partial charge is 0.410 e. The van der Waals surface area contributed by atoms with Crippen LogP contribution < -0.4 is 26.2 Å². The number of aromatic carboxylic acids is 1. The Balaban J connectivity index is 0.603. The largest absolute Gasteiger partial charge is 0.476 e. The van der Waals surface area contributed by atoms with E-state index in [1.807, 2.05) is 113 Å². The number of hydrogen-bond acceptors (Lipinski definition) is 33. The lowest BCUT2D eigenvalue weighted by atomic mass is 9.39. The second kappa shape index (κ2) is 60.6. The number of hydrogen-bond donors (Lipinski definition) is 6. The van der Waals surface area contributed by atoms with Crippen LogP contribution in [0.2, 0.25) is 0 Å². The SMILES string of the molecule is COCCOCCOCCOCCOCCOCCOCCOCCOCCOCCOCCOCCOCCOCCOCCOCCOCC#Cc1cc(NC[C@H](C)NC[C@@H](NC(=O)OC(C)(C)C)C(C)C)ccc1COC(=O)N(CCOC12CC3(C)CC(C)(CC(Cn4ncc(-c5ccc(N6CCc7cccc(C(=O)Nc8nc9ccccc9s8)c7C6)nc5C(=O)O)c4C)(C3)C1)C2)CCS(=O)(=O)O. The second-order valence-electron chi connectivity index (χ2n) is 37.9. The van der Waals surface area contributed by atoms with Gasteiger partial charge in [0.25, 0.3) is 16.0 Å². The summed E-state index contributed by atoms with van der Waals surface area (Å²) in [6.45, 7) is 34.4. The van der Waals surface area contributed by atoms with Crippen LogP contribution in [-0.2, 0) is 131 Å². The number of anilines is 3. The number of carbonyl (C=O) groups is 4. The highest BCUT2D eigenvalue weighted by Gasteiger charge is 2.66. The summed E-state index contributed by atoms with van der Waals surface area (Å²) in [6.07, 6.45) is 6.10. The fourth-order valence-corrected chi connectivity index (χ4v) is 20.1. The molecular formula is C101H152N10O28S2. The van der Waals surface area contributed by atoms with E-state index in [-0.39, 0.29) is 85.4 Å². The molecule has 6 aromatic rings. The first kappa shape index (κ1) is 115. The average Bonchev–Trinajstić information content (AvgIpc) is 1.21. The van der Waals surface area contributed by atoms with Crippen molar-refractivity contribution in [1.29, 1.82) is 0 Å².